The van der Waals surface area contributed by atoms with Crippen LogP contribution in [-0.4, -0.2) is 14.1 Å². The molecule has 5 nitrogen and oxygen atoms in total. The fourth-order valence-corrected chi connectivity index (χ4v) is 9.94. The van der Waals surface area contributed by atoms with Crippen LogP contribution in [0.5, 0.6) is 0 Å². The molecule has 3 heterocycles. The van der Waals surface area contributed by atoms with Crippen molar-refractivity contribution in [3.8, 4) is 22.5 Å². The molecule has 5 heteroatoms. The Morgan fingerprint density at radius 3 is 1.71 bits per heavy atom. The van der Waals surface area contributed by atoms with E-state index in [1.54, 1.807) is 0 Å². The van der Waals surface area contributed by atoms with E-state index < -0.39 is 0 Å². The topological polar surface area (TPSA) is 38.4 Å². The van der Waals surface area contributed by atoms with Crippen molar-refractivity contribution < 1.29 is 0 Å². The molecule has 1 aliphatic carbocycles. The highest BCUT2D eigenvalue weighted by molar-refractivity contribution is 5.94. The van der Waals surface area contributed by atoms with E-state index in [0.29, 0.717) is 5.92 Å². The second-order valence-electron chi connectivity index (χ2n) is 18.2. The molecular weight excluding hydrogens is 707 g/mol. The zero-order chi connectivity index (χ0) is 40.8. The van der Waals surface area contributed by atoms with Gasteiger partial charge in [0.05, 0.1) is 28.3 Å². The van der Waals surface area contributed by atoms with Crippen LogP contribution in [0.25, 0.3) is 33.7 Å². The molecule has 0 spiro atoms. The maximum atomic E-state index is 6.07. The van der Waals surface area contributed by atoms with Gasteiger partial charge in [-0.2, -0.15) is 0 Å². The molecule has 0 N–H and O–H groups in total. The van der Waals surface area contributed by atoms with Crippen molar-refractivity contribution in [2.75, 3.05) is 5.01 Å². The molecule has 7 aromatic rings. The number of aromatic nitrogens is 3. The van der Waals surface area contributed by atoms with Gasteiger partial charge < -0.3 is 0 Å². The first-order valence-corrected chi connectivity index (χ1v) is 21.4. The molecule has 0 amide bonds. The number of imidazole rings is 1. The summed E-state index contributed by atoms with van der Waals surface area (Å²) >= 11 is 0. The molecule has 294 valence electrons. The van der Waals surface area contributed by atoms with Crippen molar-refractivity contribution in [3.63, 3.8) is 0 Å². The molecule has 2 aliphatic rings. The van der Waals surface area contributed by atoms with Crippen LogP contribution in [0.4, 0.5) is 11.4 Å². The van der Waals surface area contributed by atoms with E-state index in [-0.39, 0.29) is 29.1 Å². The van der Waals surface area contributed by atoms with Crippen LogP contribution >= 0.6 is 0 Å². The van der Waals surface area contributed by atoms with Gasteiger partial charge in [0.25, 0.3) is 0 Å². The number of fused-ring (bicyclic) bond motifs is 6. The van der Waals surface area contributed by atoms with Crippen LogP contribution in [0.15, 0.2) is 120 Å². The third-order valence-corrected chi connectivity index (χ3v) is 12.9. The summed E-state index contributed by atoms with van der Waals surface area (Å²) in [5, 5.41) is 8.32. The van der Waals surface area contributed by atoms with Gasteiger partial charge in [0.2, 0.25) is 5.62 Å². The molecular formula is C53H57N5. The number of anilines is 2. The molecule has 2 aromatic heterocycles. The number of rotatable bonds is 8. The first kappa shape index (κ1) is 37.9. The van der Waals surface area contributed by atoms with Gasteiger partial charge in [-0.25, -0.2) is 9.99 Å². The molecule has 5 aromatic carbocycles. The molecule has 0 fully saturated rings. The van der Waals surface area contributed by atoms with Crippen LogP contribution in [0, 0.1) is 0 Å². The molecule has 9 rings (SSSR count). The molecule has 1 unspecified atom stereocenters. The summed E-state index contributed by atoms with van der Waals surface area (Å²) in [4.78, 5) is 5.28. The van der Waals surface area contributed by atoms with Crippen LogP contribution in [0.3, 0.4) is 0 Å². The van der Waals surface area contributed by atoms with Crippen LogP contribution in [0.2, 0.25) is 0 Å². The lowest BCUT2D eigenvalue weighted by molar-refractivity contribution is 0.685. The highest BCUT2D eigenvalue weighted by atomic mass is 15.5. The number of para-hydroxylation sites is 2. The van der Waals surface area contributed by atoms with Gasteiger partial charge in [0.1, 0.15) is 0 Å². The average Bonchev–Trinajstić information content (AvgIpc) is 3.68. The third-order valence-electron chi connectivity index (χ3n) is 12.9. The lowest BCUT2D eigenvalue weighted by atomic mass is 9.71. The molecule has 58 heavy (non-hydrogen) atoms. The maximum Gasteiger partial charge on any atom is 0.239 e. The largest absolute Gasteiger partial charge is 0.275 e. The Bertz CT molecular complexity index is 2750. The Labute approximate surface area is 344 Å². The minimum atomic E-state index is -0.327. The molecule has 1 aliphatic heterocycles. The molecule has 0 saturated carbocycles. The van der Waals surface area contributed by atoms with Crippen molar-refractivity contribution in [3.05, 3.63) is 166 Å². The number of hydrogen-bond donors (Lipinski definition) is 0. The van der Waals surface area contributed by atoms with E-state index in [1.165, 1.54) is 67.0 Å². The predicted octanol–water partition coefficient (Wildman–Crippen LogP) is 13.7. The maximum absolute atomic E-state index is 6.07. The summed E-state index contributed by atoms with van der Waals surface area (Å²) in [5.41, 5.74) is 20.1. The Morgan fingerprint density at radius 1 is 0.517 bits per heavy atom. The minimum absolute atomic E-state index is 0.267. The van der Waals surface area contributed by atoms with Crippen LogP contribution < -0.4 is 10.6 Å². The van der Waals surface area contributed by atoms with Gasteiger partial charge in [0.15, 0.2) is 5.65 Å². The fraction of sp³-hybridized carbons (Fsp3) is 0.321. The van der Waals surface area contributed by atoms with E-state index in [2.05, 4.69) is 199 Å². The average molecular weight is 764 g/mol. The van der Waals surface area contributed by atoms with Gasteiger partial charge >= 0.3 is 0 Å². The Hall–Kier alpha value is -5.68. The lowest BCUT2D eigenvalue weighted by Crippen LogP contribution is -2.35. The summed E-state index contributed by atoms with van der Waals surface area (Å²) in [6.07, 6.45) is 1.94. The number of nitrogens with zero attached hydrogens (tertiary/aromatic N) is 5. The molecule has 0 saturated heterocycles. The monoisotopic (exact) mass is 763 g/mol. The van der Waals surface area contributed by atoms with Gasteiger partial charge in [-0.3, -0.25) is 9.13 Å². The van der Waals surface area contributed by atoms with Crippen molar-refractivity contribution in [2.45, 2.75) is 111 Å². The van der Waals surface area contributed by atoms with Crippen molar-refractivity contribution in [1.29, 1.82) is 0 Å². The standard InChI is InChI=1S/C53H57N5/c1-31(2)36-29-41(34(7)8)50(42(30-36)35(9)10)56-47-27-18-28-54-51(47)57(49-37(32(3)4)20-16-21-38(49)33(5)6)52(56)55-58-45-25-15-14-24-44(45)53(11)43-23-13-12-19-39(43)40-22-17-26-46(58)48(40)53/h12-35H,1-11H3/b55-52+. The third kappa shape index (κ3) is 5.49. The normalized spacial score (nSPS) is 16.1. The van der Waals surface area contributed by atoms with Gasteiger partial charge in [-0.15, -0.1) is 5.10 Å². The summed E-state index contributed by atoms with van der Waals surface area (Å²) in [6, 6.07) is 40.7. The minimum Gasteiger partial charge on any atom is -0.275 e. The Kier molecular flexibility index (Phi) is 9.15. The SMILES string of the molecule is CC(C)c1cc(C(C)C)c(-n2/c(=N\N3c4ccccc4C4(C)c5ccccc5-c5cccc3c54)n(-c3c(C(C)C)cccc3C(C)C)c3ncccc32)c(C(C)C)c1. The Morgan fingerprint density at radius 2 is 1.07 bits per heavy atom. The molecule has 0 bridgehead atoms. The number of benzene rings is 5. The fourth-order valence-electron chi connectivity index (χ4n) is 9.94. The number of hydrogen-bond acceptors (Lipinski definition) is 3. The second-order valence-corrected chi connectivity index (χ2v) is 18.2. The molecule has 0 radical (unpaired) electrons. The zero-order valence-corrected chi connectivity index (χ0v) is 36.1. The smallest absolute Gasteiger partial charge is 0.239 e. The lowest BCUT2D eigenvalue weighted by Gasteiger charge is -2.40. The van der Waals surface area contributed by atoms with E-state index >= 15 is 0 Å². The quantitative estimate of drug-likeness (QED) is 0.155. The van der Waals surface area contributed by atoms with Crippen LogP contribution in [-0.2, 0) is 5.41 Å². The summed E-state index contributed by atoms with van der Waals surface area (Å²) in [6.45, 7) is 25.6. The van der Waals surface area contributed by atoms with E-state index in [0.717, 1.165) is 28.2 Å². The van der Waals surface area contributed by atoms with E-state index in [9.17, 15) is 0 Å². The van der Waals surface area contributed by atoms with Crippen LogP contribution in [0.1, 0.15) is 150 Å². The van der Waals surface area contributed by atoms with Gasteiger partial charge in [0, 0.05) is 17.2 Å². The summed E-state index contributed by atoms with van der Waals surface area (Å²) in [5.74, 6) is 1.47. The summed E-state index contributed by atoms with van der Waals surface area (Å²) < 4.78 is 4.87. The molecule has 1 atom stereocenters. The first-order valence-electron chi connectivity index (χ1n) is 21.4. The van der Waals surface area contributed by atoms with Crippen molar-refractivity contribution in [2.24, 2.45) is 5.10 Å². The Balaban J connectivity index is 1.51. The van der Waals surface area contributed by atoms with Gasteiger partial charge in [-0.05, 0) is 111 Å². The summed E-state index contributed by atoms with van der Waals surface area (Å²) in [7, 11) is 0. The first-order chi connectivity index (χ1) is 27.8. The van der Waals surface area contributed by atoms with E-state index in [1.807, 2.05) is 6.20 Å². The van der Waals surface area contributed by atoms with E-state index in [4.69, 9.17) is 10.1 Å². The zero-order valence-electron chi connectivity index (χ0n) is 36.1. The second kappa shape index (κ2) is 14.0. The van der Waals surface area contributed by atoms with Crippen molar-refractivity contribution in [1.82, 2.24) is 14.1 Å². The number of pyridine rings is 1. The van der Waals surface area contributed by atoms with Gasteiger partial charge in [-0.1, -0.05) is 154 Å². The highest BCUT2D eigenvalue weighted by Crippen LogP contribution is 2.60. The van der Waals surface area contributed by atoms with Crippen molar-refractivity contribution >= 4 is 22.5 Å². The predicted molar refractivity (Wildman–Crippen MR) is 242 cm³/mol. The highest BCUT2D eigenvalue weighted by Gasteiger charge is 2.48.